The monoisotopic (exact) mass is 264 g/mol. The van der Waals surface area contributed by atoms with Crippen LogP contribution < -0.4 is 5.32 Å². The van der Waals surface area contributed by atoms with Gasteiger partial charge in [-0.05, 0) is 30.3 Å². The van der Waals surface area contributed by atoms with Crippen molar-refractivity contribution in [2.45, 2.75) is 10.6 Å². The lowest BCUT2D eigenvalue weighted by Gasteiger charge is -2.04. The van der Waals surface area contributed by atoms with Crippen LogP contribution in [0, 0.1) is 0 Å². The normalized spacial score (nSPS) is 10.2. The minimum absolute atomic E-state index is 0.770. The van der Waals surface area contributed by atoms with Gasteiger partial charge in [0, 0.05) is 22.7 Å². The van der Waals surface area contributed by atoms with Gasteiger partial charge in [-0.2, -0.15) is 0 Å². The third kappa shape index (κ3) is 3.65. The zero-order valence-electron chi connectivity index (χ0n) is 9.48. The quantitative estimate of drug-likeness (QED) is 0.843. The Balaban J connectivity index is 2.02. The van der Waals surface area contributed by atoms with Gasteiger partial charge in [0.1, 0.15) is 5.82 Å². The molecule has 17 heavy (non-hydrogen) atoms. The van der Waals surface area contributed by atoms with Gasteiger partial charge in [-0.3, -0.25) is 0 Å². The summed E-state index contributed by atoms with van der Waals surface area (Å²) in [7, 11) is 1.87. The number of thioether (sulfide) groups is 1. The molecule has 0 spiro atoms. The van der Waals surface area contributed by atoms with E-state index in [0.29, 0.717) is 0 Å². The molecule has 0 amide bonds. The Labute approximate surface area is 110 Å². The average Bonchev–Trinajstić information content (AvgIpc) is 2.37. The summed E-state index contributed by atoms with van der Waals surface area (Å²) in [6, 6.07) is 13.8. The fourth-order valence-electron chi connectivity index (χ4n) is 1.41. The van der Waals surface area contributed by atoms with Gasteiger partial charge in [0.05, 0.1) is 5.69 Å². The lowest BCUT2D eigenvalue weighted by atomic mass is 10.4. The van der Waals surface area contributed by atoms with Gasteiger partial charge in [0.15, 0.2) is 0 Å². The van der Waals surface area contributed by atoms with E-state index in [2.05, 4.69) is 16.4 Å². The SMILES string of the molecule is CNc1cccc(CSc2cccc(Cl)c2)n1. The van der Waals surface area contributed by atoms with E-state index in [1.807, 2.05) is 43.4 Å². The number of pyridine rings is 1. The summed E-state index contributed by atoms with van der Waals surface area (Å²) in [5.41, 5.74) is 1.06. The first kappa shape index (κ1) is 12.3. The molecular weight excluding hydrogens is 252 g/mol. The lowest BCUT2D eigenvalue weighted by molar-refractivity contribution is 1.16. The van der Waals surface area contributed by atoms with Crippen molar-refractivity contribution in [3.05, 3.63) is 53.2 Å². The molecule has 2 rings (SSSR count). The van der Waals surface area contributed by atoms with Crippen LogP contribution in [0.3, 0.4) is 0 Å². The zero-order valence-corrected chi connectivity index (χ0v) is 11.1. The van der Waals surface area contributed by atoms with Gasteiger partial charge in [-0.25, -0.2) is 4.98 Å². The van der Waals surface area contributed by atoms with E-state index in [9.17, 15) is 0 Å². The predicted octanol–water partition coefficient (Wildman–Crippen LogP) is 4.07. The second kappa shape index (κ2) is 5.94. The number of rotatable bonds is 4. The molecule has 88 valence electrons. The Kier molecular flexibility index (Phi) is 4.29. The second-order valence-corrected chi connectivity index (χ2v) is 5.00. The maximum Gasteiger partial charge on any atom is 0.125 e. The number of halogens is 1. The molecule has 0 aliphatic heterocycles. The standard InChI is InChI=1S/C13H13ClN2S/c1-15-13-7-3-5-11(16-13)9-17-12-6-2-4-10(14)8-12/h2-8H,9H2,1H3,(H,15,16). The maximum absolute atomic E-state index is 5.94. The highest BCUT2D eigenvalue weighted by Crippen LogP contribution is 2.24. The average molecular weight is 265 g/mol. The second-order valence-electron chi connectivity index (χ2n) is 3.51. The third-order valence-corrected chi connectivity index (χ3v) is 3.51. The molecule has 1 aromatic heterocycles. The van der Waals surface area contributed by atoms with E-state index in [-0.39, 0.29) is 0 Å². The van der Waals surface area contributed by atoms with Gasteiger partial charge in [0.25, 0.3) is 0 Å². The summed E-state index contributed by atoms with van der Waals surface area (Å²) in [4.78, 5) is 5.63. The van der Waals surface area contributed by atoms with Crippen molar-refractivity contribution in [2.24, 2.45) is 0 Å². The number of hydrogen-bond acceptors (Lipinski definition) is 3. The van der Waals surface area contributed by atoms with E-state index in [4.69, 9.17) is 11.6 Å². The Hall–Kier alpha value is -1.19. The van der Waals surface area contributed by atoms with Crippen LogP contribution in [0.2, 0.25) is 5.02 Å². The Morgan fingerprint density at radius 2 is 2.06 bits per heavy atom. The topological polar surface area (TPSA) is 24.9 Å². The van der Waals surface area contributed by atoms with Crippen molar-refractivity contribution in [3.63, 3.8) is 0 Å². The van der Waals surface area contributed by atoms with Crippen molar-refractivity contribution in [1.29, 1.82) is 0 Å². The summed E-state index contributed by atoms with van der Waals surface area (Å²) >= 11 is 7.67. The molecular formula is C13H13ClN2S. The van der Waals surface area contributed by atoms with Gasteiger partial charge >= 0.3 is 0 Å². The molecule has 0 aliphatic rings. The van der Waals surface area contributed by atoms with Gasteiger partial charge in [-0.1, -0.05) is 23.7 Å². The highest BCUT2D eigenvalue weighted by molar-refractivity contribution is 7.98. The highest BCUT2D eigenvalue weighted by atomic mass is 35.5. The predicted molar refractivity (Wildman–Crippen MR) is 74.8 cm³/mol. The number of aromatic nitrogens is 1. The molecule has 0 unspecified atom stereocenters. The highest BCUT2D eigenvalue weighted by Gasteiger charge is 1.99. The first-order chi connectivity index (χ1) is 8.28. The van der Waals surface area contributed by atoms with Crippen LogP contribution in [-0.2, 0) is 5.75 Å². The molecule has 0 atom stereocenters. The lowest BCUT2D eigenvalue weighted by Crippen LogP contribution is -1.94. The molecule has 2 aromatic rings. The zero-order chi connectivity index (χ0) is 12.1. The van der Waals surface area contributed by atoms with Crippen LogP contribution in [0.15, 0.2) is 47.4 Å². The minimum atomic E-state index is 0.770. The summed E-state index contributed by atoms with van der Waals surface area (Å²) < 4.78 is 0. The molecule has 0 saturated carbocycles. The van der Waals surface area contributed by atoms with Crippen LogP contribution in [0.4, 0.5) is 5.82 Å². The smallest absolute Gasteiger partial charge is 0.125 e. The largest absolute Gasteiger partial charge is 0.373 e. The van der Waals surface area contributed by atoms with Gasteiger partial charge in [-0.15, -0.1) is 11.8 Å². The van der Waals surface area contributed by atoms with E-state index >= 15 is 0 Å². The van der Waals surface area contributed by atoms with Crippen LogP contribution >= 0.6 is 23.4 Å². The number of anilines is 1. The summed E-state index contributed by atoms with van der Waals surface area (Å²) in [5, 5.41) is 3.80. The van der Waals surface area contributed by atoms with Crippen molar-refractivity contribution in [2.75, 3.05) is 12.4 Å². The number of hydrogen-bond donors (Lipinski definition) is 1. The molecule has 1 aromatic carbocycles. The van der Waals surface area contributed by atoms with E-state index < -0.39 is 0 Å². The summed E-state index contributed by atoms with van der Waals surface area (Å²) in [5.74, 6) is 1.74. The Morgan fingerprint density at radius 1 is 1.24 bits per heavy atom. The van der Waals surface area contributed by atoms with Crippen LogP contribution in [-0.4, -0.2) is 12.0 Å². The Bertz CT molecular complexity index is 502. The van der Waals surface area contributed by atoms with Crippen molar-refractivity contribution >= 4 is 29.2 Å². The van der Waals surface area contributed by atoms with Crippen LogP contribution in [0.1, 0.15) is 5.69 Å². The number of nitrogens with one attached hydrogen (secondary N) is 1. The van der Waals surface area contributed by atoms with E-state index in [0.717, 1.165) is 27.2 Å². The van der Waals surface area contributed by atoms with Crippen molar-refractivity contribution in [1.82, 2.24) is 4.98 Å². The van der Waals surface area contributed by atoms with Gasteiger partial charge in [0.2, 0.25) is 0 Å². The Morgan fingerprint density at radius 3 is 2.82 bits per heavy atom. The van der Waals surface area contributed by atoms with Crippen LogP contribution in [0.5, 0.6) is 0 Å². The molecule has 1 N–H and O–H groups in total. The molecule has 0 fully saturated rings. The first-order valence-electron chi connectivity index (χ1n) is 5.30. The summed E-state index contributed by atoms with van der Waals surface area (Å²) in [6.45, 7) is 0. The number of nitrogens with zero attached hydrogens (tertiary/aromatic N) is 1. The summed E-state index contributed by atoms with van der Waals surface area (Å²) in [6.07, 6.45) is 0. The molecule has 0 saturated heterocycles. The molecule has 1 heterocycles. The van der Waals surface area contributed by atoms with E-state index in [1.165, 1.54) is 0 Å². The fraction of sp³-hybridized carbons (Fsp3) is 0.154. The van der Waals surface area contributed by atoms with Crippen molar-refractivity contribution < 1.29 is 0 Å². The molecule has 0 aliphatic carbocycles. The maximum atomic E-state index is 5.94. The third-order valence-electron chi connectivity index (χ3n) is 2.25. The molecule has 0 radical (unpaired) electrons. The fourth-order valence-corrected chi connectivity index (χ4v) is 2.53. The first-order valence-corrected chi connectivity index (χ1v) is 6.66. The van der Waals surface area contributed by atoms with Gasteiger partial charge < -0.3 is 5.32 Å². The van der Waals surface area contributed by atoms with Crippen LogP contribution in [0.25, 0.3) is 0 Å². The molecule has 2 nitrogen and oxygen atoms in total. The number of benzene rings is 1. The minimum Gasteiger partial charge on any atom is -0.373 e. The van der Waals surface area contributed by atoms with Crippen molar-refractivity contribution in [3.8, 4) is 0 Å². The van der Waals surface area contributed by atoms with E-state index in [1.54, 1.807) is 11.8 Å². The molecule has 0 bridgehead atoms. The molecule has 4 heteroatoms.